The highest BCUT2D eigenvalue weighted by molar-refractivity contribution is 5.67. The Balaban J connectivity index is 2.43. The molecule has 0 aromatic heterocycles. The minimum Gasteiger partial charge on any atom is -0.450 e. The molecule has 1 atom stereocenters. The molecule has 14 heavy (non-hydrogen) atoms. The van der Waals surface area contributed by atoms with Gasteiger partial charge in [0.1, 0.15) is 0 Å². The van der Waals surface area contributed by atoms with Crippen LogP contribution in [0.25, 0.3) is 0 Å². The number of carbonyl (C=O) groups excluding carboxylic acids is 1. The van der Waals surface area contributed by atoms with Crippen molar-refractivity contribution in [2.75, 3.05) is 19.7 Å². The van der Waals surface area contributed by atoms with E-state index >= 15 is 0 Å². The maximum Gasteiger partial charge on any atom is 0.409 e. The average molecular weight is 199 g/mol. The number of ether oxygens (including phenoxy) is 1. The third-order valence-electron chi connectivity index (χ3n) is 2.93. The van der Waals surface area contributed by atoms with Gasteiger partial charge in [0.2, 0.25) is 0 Å². The summed E-state index contributed by atoms with van der Waals surface area (Å²) in [7, 11) is 0. The van der Waals surface area contributed by atoms with Crippen molar-refractivity contribution in [2.45, 2.75) is 33.6 Å². The van der Waals surface area contributed by atoms with Crippen molar-refractivity contribution in [2.24, 2.45) is 11.8 Å². The largest absolute Gasteiger partial charge is 0.450 e. The molecule has 0 bridgehead atoms. The lowest BCUT2D eigenvalue weighted by Crippen LogP contribution is -2.41. The Morgan fingerprint density at radius 2 is 2.29 bits per heavy atom. The molecular formula is C11H21NO2. The fourth-order valence-electron chi connectivity index (χ4n) is 1.93. The van der Waals surface area contributed by atoms with Gasteiger partial charge in [0.15, 0.2) is 0 Å². The van der Waals surface area contributed by atoms with Crippen LogP contribution in [-0.4, -0.2) is 30.7 Å². The van der Waals surface area contributed by atoms with Gasteiger partial charge >= 0.3 is 6.09 Å². The molecule has 0 N–H and O–H groups in total. The second-order valence-corrected chi connectivity index (χ2v) is 4.29. The molecule has 0 saturated carbocycles. The van der Waals surface area contributed by atoms with E-state index in [1.165, 1.54) is 6.42 Å². The van der Waals surface area contributed by atoms with Gasteiger partial charge in [0, 0.05) is 13.1 Å². The van der Waals surface area contributed by atoms with Crippen molar-refractivity contribution < 1.29 is 9.53 Å². The molecule has 1 unspecified atom stereocenters. The van der Waals surface area contributed by atoms with Gasteiger partial charge in [-0.05, 0) is 31.6 Å². The van der Waals surface area contributed by atoms with E-state index in [0.29, 0.717) is 18.4 Å². The van der Waals surface area contributed by atoms with E-state index in [2.05, 4.69) is 13.8 Å². The molecule has 1 rings (SSSR count). The van der Waals surface area contributed by atoms with Crippen molar-refractivity contribution in [3.63, 3.8) is 0 Å². The van der Waals surface area contributed by atoms with E-state index in [0.717, 1.165) is 19.5 Å². The Kier molecular flexibility index (Phi) is 4.23. The number of hydrogen-bond donors (Lipinski definition) is 0. The molecule has 0 aromatic rings. The summed E-state index contributed by atoms with van der Waals surface area (Å²) >= 11 is 0. The number of likely N-dealkylation sites (tertiary alicyclic amines) is 1. The predicted molar refractivity (Wildman–Crippen MR) is 56.2 cm³/mol. The Morgan fingerprint density at radius 1 is 1.57 bits per heavy atom. The topological polar surface area (TPSA) is 29.5 Å². The number of carbonyl (C=O) groups is 1. The molecule has 3 nitrogen and oxygen atoms in total. The molecule has 0 radical (unpaired) electrons. The highest BCUT2D eigenvalue weighted by Gasteiger charge is 2.25. The first kappa shape index (κ1) is 11.3. The molecule has 1 amide bonds. The maximum atomic E-state index is 11.5. The van der Waals surface area contributed by atoms with Crippen LogP contribution in [0.2, 0.25) is 0 Å². The Labute approximate surface area is 86.4 Å². The summed E-state index contributed by atoms with van der Waals surface area (Å²) in [6.07, 6.45) is 2.22. The fourth-order valence-corrected chi connectivity index (χ4v) is 1.93. The average Bonchev–Trinajstić information content (AvgIpc) is 2.18. The van der Waals surface area contributed by atoms with Crippen LogP contribution in [0.5, 0.6) is 0 Å². The zero-order valence-electron chi connectivity index (χ0n) is 9.45. The fraction of sp³-hybridized carbons (Fsp3) is 0.909. The molecule has 1 aliphatic rings. The van der Waals surface area contributed by atoms with Crippen molar-refractivity contribution in [1.29, 1.82) is 0 Å². The smallest absolute Gasteiger partial charge is 0.409 e. The molecule has 0 spiro atoms. The summed E-state index contributed by atoms with van der Waals surface area (Å²) in [6, 6.07) is 0. The van der Waals surface area contributed by atoms with E-state index in [4.69, 9.17) is 4.74 Å². The predicted octanol–water partition coefficient (Wildman–Crippen LogP) is 2.51. The van der Waals surface area contributed by atoms with Gasteiger partial charge in [-0.25, -0.2) is 4.79 Å². The van der Waals surface area contributed by atoms with Crippen molar-refractivity contribution in [3.8, 4) is 0 Å². The van der Waals surface area contributed by atoms with Crippen LogP contribution >= 0.6 is 0 Å². The lowest BCUT2D eigenvalue weighted by molar-refractivity contribution is 0.0813. The minimum absolute atomic E-state index is 0.141. The number of piperidine rings is 1. The Morgan fingerprint density at radius 3 is 2.86 bits per heavy atom. The van der Waals surface area contributed by atoms with Gasteiger partial charge in [-0.1, -0.05) is 13.8 Å². The van der Waals surface area contributed by atoms with Gasteiger partial charge in [-0.15, -0.1) is 0 Å². The molecule has 1 saturated heterocycles. The van der Waals surface area contributed by atoms with Gasteiger partial charge < -0.3 is 9.64 Å². The summed E-state index contributed by atoms with van der Waals surface area (Å²) in [5.41, 5.74) is 0. The first-order valence-corrected chi connectivity index (χ1v) is 5.56. The van der Waals surface area contributed by atoms with Gasteiger partial charge in [-0.3, -0.25) is 0 Å². The van der Waals surface area contributed by atoms with Gasteiger partial charge in [0.05, 0.1) is 6.61 Å². The van der Waals surface area contributed by atoms with Crippen LogP contribution in [0.15, 0.2) is 0 Å². The first-order chi connectivity index (χ1) is 6.65. The second-order valence-electron chi connectivity index (χ2n) is 4.29. The van der Waals surface area contributed by atoms with E-state index in [1.54, 1.807) is 0 Å². The molecule has 0 aromatic carbocycles. The van der Waals surface area contributed by atoms with E-state index in [1.807, 2.05) is 11.8 Å². The molecule has 0 aliphatic carbocycles. The van der Waals surface area contributed by atoms with Crippen LogP contribution in [0.4, 0.5) is 4.79 Å². The second kappa shape index (κ2) is 5.23. The van der Waals surface area contributed by atoms with Crippen molar-refractivity contribution in [3.05, 3.63) is 0 Å². The standard InChI is InChI=1S/C11H21NO2/c1-4-14-11(13)12-7-5-6-10(8-12)9(2)3/h9-10H,4-8H2,1-3H3. The zero-order valence-corrected chi connectivity index (χ0v) is 9.45. The summed E-state index contributed by atoms with van der Waals surface area (Å²) < 4.78 is 5.00. The molecular weight excluding hydrogens is 178 g/mol. The summed E-state index contributed by atoms with van der Waals surface area (Å²) in [4.78, 5) is 13.3. The van der Waals surface area contributed by atoms with Gasteiger partial charge in [0.25, 0.3) is 0 Å². The Bertz CT molecular complexity index is 192. The van der Waals surface area contributed by atoms with E-state index in [-0.39, 0.29) is 6.09 Å². The number of nitrogens with zero attached hydrogens (tertiary/aromatic N) is 1. The van der Waals surface area contributed by atoms with Crippen molar-refractivity contribution >= 4 is 6.09 Å². The third kappa shape index (κ3) is 2.89. The summed E-state index contributed by atoms with van der Waals surface area (Å²) in [5, 5.41) is 0. The highest BCUT2D eigenvalue weighted by atomic mass is 16.6. The summed E-state index contributed by atoms with van der Waals surface area (Å²) in [5.74, 6) is 1.31. The molecule has 1 fully saturated rings. The van der Waals surface area contributed by atoms with E-state index in [9.17, 15) is 4.79 Å². The Hall–Kier alpha value is -0.730. The SMILES string of the molecule is CCOC(=O)N1CCCC(C(C)C)C1. The minimum atomic E-state index is -0.141. The lowest BCUT2D eigenvalue weighted by Gasteiger charge is -2.33. The normalized spacial score (nSPS) is 22.6. The summed E-state index contributed by atoms with van der Waals surface area (Å²) in [6.45, 7) is 8.50. The highest BCUT2D eigenvalue weighted by Crippen LogP contribution is 2.23. The quantitative estimate of drug-likeness (QED) is 0.684. The number of rotatable bonds is 2. The number of hydrogen-bond acceptors (Lipinski definition) is 2. The monoisotopic (exact) mass is 199 g/mol. The third-order valence-corrected chi connectivity index (χ3v) is 2.93. The van der Waals surface area contributed by atoms with E-state index < -0.39 is 0 Å². The lowest BCUT2D eigenvalue weighted by atomic mass is 9.88. The van der Waals surface area contributed by atoms with Crippen LogP contribution in [0.1, 0.15) is 33.6 Å². The first-order valence-electron chi connectivity index (χ1n) is 5.56. The molecule has 82 valence electrons. The molecule has 1 heterocycles. The molecule has 3 heteroatoms. The maximum absolute atomic E-state index is 11.5. The molecule has 1 aliphatic heterocycles. The van der Waals surface area contributed by atoms with Crippen LogP contribution in [0, 0.1) is 11.8 Å². The number of amides is 1. The van der Waals surface area contributed by atoms with Crippen LogP contribution < -0.4 is 0 Å². The zero-order chi connectivity index (χ0) is 10.6. The van der Waals surface area contributed by atoms with Crippen LogP contribution in [0.3, 0.4) is 0 Å². The van der Waals surface area contributed by atoms with Crippen molar-refractivity contribution in [1.82, 2.24) is 4.90 Å². The van der Waals surface area contributed by atoms with Gasteiger partial charge in [-0.2, -0.15) is 0 Å². The van der Waals surface area contributed by atoms with Crippen LogP contribution in [-0.2, 0) is 4.74 Å².